The maximum atomic E-state index is 12.3. The van der Waals surface area contributed by atoms with Crippen LogP contribution in [-0.2, 0) is 0 Å². The molecular weight excluding hydrogens is 255 g/mol. The molecule has 108 valence electrons. The van der Waals surface area contributed by atoms with Crippen molar-refractivity contribution in [3.8, 4) is 0 Å². The van der Waals surface area contributed by atoms with Crippen molar-refractivity contribution in [3.63, 3.8) is 0 Å². The molecule has 5 nitrogen and oxygen atoms in total. The van der Waals surface area contributed by atoms with E-state index in [1.165, 1.54) is 0 Å². The molecule has 1 aliphatic rings. The largest absolute Gasteiger partial charge is 0.488 e. The molecule has 0 atom stereocenters. The smallest absolute Gasteiger partial charge is 0.423 e. The topological polar surface area (TPSA) is 64.0 Å². The minimum atomic E-state index is -1.49. The van der Waals surface area contributed by atoms with E-state index in [2.05, 4.69) is 18.7 Å². The molecule has 1 heterocycles. The average molecular weight is 276 g/mol. The quantitative estimate of drug-likeness (QED) is 0.733. The van der Waals surface area contributed by atoms with E-state index in [1.807, 2.05) is 4.90 Å². The number of nitrogens with zero attached hydrogens (tertiary/aromatic N) is 2. The zero-order valence-corrected chi connectivity index (χ0v) is 12.0. The van der Waals surface area contributed by atoms with E-state index >= 15 is 0 Å². The highest BCUT2D eigenvalue weighted by atomic mass is 16.4. The van der Waals surface area contributed by atoms with Gasteiger partial charge >= 0.3 is 7.12 Å². The van der Waals surface area contributed by atoms with Crippen molar-refractivity contribution in [2.75, 3.05) is 26.2 Å². The van der Waals surface area contributed by atoms with E-state index in [-0.39, 0.29) is 5.91 Å². The Balaban J connectivity index is 1.98. The van der Waals surface area contributed by atoms with Crippen molar-refractivity contribution in [1.29, 1.82) is 0 Å². The molecule has 1 aliphatic heterocycles. The molecule has 0 aliphatic carbocycles. The summed E-state index contributed by atoms with van der Waals surface area (Å²) < 4.78 is 0. The first-order chi connectivity index (χ1) is 9.49. The van der Waals surface area contributed by atoms with Crippen LogP contribution in [0.15, 0.2) is 24.3 Å². The Morgan fingerprint density at radius 1 is 1.10 bits per heavy atom. The molecule has 0 spiro atoms. The monoisotopic (exact) mass is 276 g/mol. The number of amides is 1. The number of rotatable bonds is 3. The number of hydrogen-bond acceptors (Lipinski definition) is 4. The number of carbonyl (C=O) groups excluding carboxylic acids is 1. The van der Waals surface area contributed by atoms with Crippen molar-refractivity contribution < 1.29 is 14.8 Å². The van der Waals surface area contributed by atoms with Crippen molar-refractivity contribution in [1.82, 2.24) is 9.80 Å². The molecule has 1 fully saturated rings. The predicted octanol–water partition coefficient (Wildman–Crippen LogP) is -0.467. The molecule has 1 aromatic carbocycles. The van der Waals surface area contributed by atoms with Crippen molar-refractivity contribution >= 4 is 18.5 Å². The lowest BCUT2D eigenvalue weighted by molar-refractivity contribution is 0.0595. The van der Waals surface area contributed by atoms with E-state index in [9.17, 15) is 4.79 Å². The summed E-state index contributed by atoms with van der Waals surface area (Å²) in [6.45, 7) is 7.60. The zero-order valence-electron chi connectivity index (χ0n) is 12.0. The molecule has 2 rings (SSSR count). The molecule has 2 N–H and O–H groups in total. The second-order valence-corrected chi connectivity index (χ2v) is 5.42. The highest BCUT2D eigenvalue weighted by molar-refractivity contribution is 6.58. The van der Waals surface area contributed by atoms with Crippen molar-refractivity contribution in [2.24, 2.45) is 0 Å². The summed E-state index contributed by atoms with van der Waals surface area (Å²) >= 11 is 0. The fourth-order valence-corrected chi connectivity index (χ4v) is 2.42. The van der Waals surface area contributed by atoms with Crippen LogP contribution in [0, 0.1) is 0 Å². The summed E-state index contributed by atoms with van der Waals surface area (Å²) in [5.41, 5.74) is 0.985. The fourth-order valence-electron chi connectivity index (χ4n) is 2.42. The predicted molar refractivity (Wildman–Crippen MR) is 78.9 cm³/mol. The Hall–Kier alpha value is -1.37. The molecule has 6 heteroatoms. The number of carbonyl (C=O) groups is 1. The first-order valence-corrected chi connectivity index (χ1v) is 6.98. The Kier molecular flexibility index (Phi) is 4.80. The van der Waals surface area contributed by atoms with Gasteiger partial charge in [0, 0.05) is 37.8 Å². The van der Waals surface area contributed by atoms with Crippen LogP contribution in [0.4, 0.5) is 0 Å². The average Bonchev–Trinajstić information content (AvgIpc) is 2.46. The van der Waals surface area contributed by atoms with Gasteiger partial charge in [-0.05, 0) is 31.4 Å². The van der Waals surface area contributed by atoms with E-state index in [4.69, 9.17) is 10.0 Å². The van der Waals surface area contributed by atoms with E-state index in [0.717, 1.165) is 26.2 Å². The van der Waals surface area contributed by atoms with Gasteiger partial charge in [0.25, 0.3) is 5.91 Å². The zero-order chi connectivity index (χ0) is 14.7. The molecule has 0 unspecified atom stereocenters. The van der Waals surface area contributed by atoms with Crippen molar-refractivity contribution in [3.05, 3.63) is 29.8 Å². The summed E-state index contributed by atoms with van der Waals surface area (Å²) in [4.78, 5) is 16.5. The highest BCUT2D eigenvalue weighted by Gasteiger charge is 2.23. The van der Waals surface area contributed by atoms with Crippen LogP contribution in [0.25, 0.3) is 0 Å². The van der Waals surface area contributed by atoms with Gasteiger partial charge in [-0.15, -0.1) is 0 Å². The first-order valence-electron chi connectivity index (χ1n) is 6.98. The third-order valence-electron chi connectivity index (χ3n) is 3.79. The molecular formula is C14H21BN2O3. The van der Waals surface area contributed by atoms with Gasteiger partial charge in [-0.1, -0.05) is 12.1 Å². The number of hydrogen-bond donors (Lipinski definition) is 2. The molecule has 0 saturated carbocycles. The van der Waals surface area contributed by atoms with Crippen LogP contribution in [0.5, 0.6) is 0 Å². The summed E-state index contributed by atoms with van der Waals surface area (Å²) in [6, 6.07) is 6.94. The van der Waals surface area contributed by atoms with Crippen LogP contribution in [0.2, 0.25) is 0 Å². The first kappa shape index (κ1) is 15.0. The lowest BCUT2D eigenvalue weighted by Crippen LogP contribution is -2.50. The normalized spacial score (nSPS) is 16.6. The maximum Gasteiger partial charge on any atom is 0.488 e. The summed E-state index contributed by atoms with van der Waals surface area (Å²) in [6.07, 6.45) is 0. The van der Waals surface area contributed by atoms with Crippen LogP contribution < -0.4 is 5.46 Å². The van der Waals surface area contributed by atoms with Gasteiger partial charge in [-0.2, -0.15) is 0 Å². The SMILES string of the molecule is CC(C)N1CCN(C(=O)c2ccc(B(O)O)cc2)CC1. The molecule has 20 heavy (non-hydrogen) atoms. The van der Waals surface area contributed by atoms with Crippen LogP contribution in [-0.4, -0.2) is 65.1 Å². The van der Waals surface area contributed by atoms with Gasteiger partial charge in [0.15, 0.2) is 0 Å². The molecule has 1 amide bonds. The minimum Gasteiger partial charge on any atom is -0.423 e. The highest BCUT2D eigenvalue weighted by Crippen LogP contribution is 2.10. The molecule has 0 bridgehead atoms. The Morgan fingerprint density at radius 3 is 2.10 bits per heavy atom. The van der Waals surface area contributed by atoms with Gasteiger partial charge in [0.1, 0.15) is 0 Å². The summed E-state index contributed by atoms with van der Waals surface area (Å²) in [5.74, 6) is 0.00684. The maximum absolute atomic E-state index is 12.3. The van der Waals surface area contributed by atoms with Crippen LogP contribution in [0.1, 0.15) is 24.2 Å². The molecule has 0 aromatic heterocycles. The third kappa shape index (κ3) is 3.39. The van der Waals surface area contributed by atoms with Crippen molar-refractivity contribution in [2.45, 2.75) is 19.9 Å². The summed E-state index contributed by atoms with van der Waals surface area (Å²) in [5, 5.41) is 18.1. The van der Waals surface area contributed by atoms with E-state index in [1.54, 1.807) is 24.3 Å². The van der Waals surface area contributed by atoms with Crippen LogP contribution >= 0.6 is 0 Å². The van der Waals surface area contributed by atoms with E-state index in [0.29, 0.717) is 17.1 Å². The van der Waals surface area contributed by atoms with Gasteiger partial charge in [-0.3, -0.25) is 9.69 Å². The van der Waals surface area contributed by atoms with Gasteiger partial charge in [-0.25, -0.2) is 0 Å². The Morgan fingerprint density at radius 2 is 1.65 bits per heavy atom. The Labute approximate surface area is 120 Å². The third-order valence-corrected chi connectivity index (χ3v) is 3.79. The number of benzene rings is 1. The van der Waals surface area contributed by atoms with Gasteiger partial charge in [0.05, 0.1) is 0 Å². The van der Waals surface area contributed by atoms with E-state index < -0.39 is 7.12 Å². The summed E-state index contributed by atoms with van der Waals surface area (Å²) in [7, 11) is -1.49. The lowest BCUT2D eigenvalue weighted by atomic mass is 9.80. The number of piperazine rings is 1. The van der Waals surface area contributed by atoms with Gasteiger partial charge in [0.2, 0.25) is 0 Å². The standard InChI is InChI=1S/C14H21BN2O3/c1-11(2)16-7-9-17(10-8-16)14(18)12-3-5-13(6-4-12)15(19)20/h3-6,11,19-20H,7-10H2,1-2H3. The Bertz CT molecular complexity index is 454. The fraction of sp³-hybridized carbons (Fsp3) is 0.500. The lowest BCUT2D eigenvalue weighted by Gasteiger charge is -2.37. The second-order valence-electron chi connectivity index (χ2n) is 5.42. The van der Waals surface area contributed by atoms with Crippen LogP contribution in [0.3, 0.4) is 0 Å². The molecule has 0 radical (unpaired) electrons. The molecule has 1 saturated heterocycles. The molecule has 1 aromatic rings. The minimum absolute atomic E-state index is 0.00684. The second kappa shape index (κ2) is 6.39. The van der Waals surface area contributed by atoms with Gasteiger partial charge < -0.3 is 14.9 Å².